The summed E-state index contributed by atoms with van der Waals surface area (Å²) in [6.45, 7) is 0. The summed E-state index contributed by atoms with van der Waals surface area (Å²) in [5.74, 6) is 0. The van der Waals surface area contributed by atoms with E-state index < -0.39 is 0 Å². The largest absolute Gasteiger partial charge is 0.310 e. The summed E-state index contributed by atoms with van der Waals surface area (Å²) in [5.41, 5.74) is 15.2. The molecule has 0 saturated heterocycles. The quantitative estimate of drug-likeness (QED) is 0.151. The summed E-state index contributed by atoms with van der Waals surface area (Å²) in [6, 6.07) is 85.8. The van der Waals surface area contributed by atoms with Crippen molar-refractivity contribution in [1.82, 2.24) is 0 Å². The molecule has 10 aromatic carbocycles. The van der Waals surface area contributed by atoms with Crippen molar-refractivity contribution >= 4 is 38.6 Å². The van der Waals surface area contributed by atoms with Crippen LogP contribution < -0.4 is 4.90 Å². The molecule has 1 heteroatoms. The molecule has 0 aliphatic carbocycles. The molecule has 0 unspecified atom stereocenters. The van der Waals surface area contributed by atoms with Crippen LogP contribution in [-0.2, 0) is 0 Å². The Morgan fingerprint density at radius 2 is 0.667 bits per heavy atom. The van der Waals surface area contributed by atoms with Gasteiger partial charge in [0.1, 0.15) is 0 Å². The van der Waals surface area contributed by atoms with Crippen LogP contribution in [0.4, 0.5) is 17.1 Å². The molecule has 268 valence electrons. The van der Waals surface area contributed by atoms with Crippen LogP contribution >= 0.6 is 0 Å². The number of benzene rings is 10. The van der Waals surface area contributed by atoms with Gasteiger partial charge >= 0.3 is 0 Å². The van der Waals surface area contributed by atoms with Crippen molar-refractivity contribution in [2.45, 2.75) is 0 Å². The second-order valence-electron chi connectivity index (χ2n) is 14.5. The average molecular weight is 726 g/mol. The number of hydrogen-bond acceptors (Lipinski definition) is 1. The van der Waals surface area contributed by atoms with Crippen molar-refractivity contribution in [2.24, 2.45) is 0 Å². The fraction of sp³-hybridized carbons (Fsp3) is 0. The molecule has 0 aromatic heterocycles. The minimum absolute atomic E-state index is 1.09. The number of rotatable bonds is 8. The molecule has 0 aliphatic rings. The highest BCUT2D eigenvalue weighted by molar-refractivity contribution is 5.99. The molecule has 0 heterocycles. The van der Waals surface area contributed by atoms with E-state index >= 15 is 0 Å². The average Bonchev–Trinajstić information content (AvgIpc) is 3.30. The van der Waals surface area contributed by atoms with Crippen LogP contribution in [0.15, 0.2) is 237 Å². The van der Waals surface area contributed by atoms with Crippen molar-refractivity contribution in [1.29, 1.82) is 0 Å². The van der Waals surface area contributed by atoms with Crippen LogP contribution in [0.3, 0.4) is 0 Å². The summed E-state index contributed by atoms with van der Waals surface area (Å²) in [4.78, 5) is 2.42. The van der Waals surface area contributed by atoms with Gasteiger partial charge in [-0.15, -0.1) is 0 Å². The van der Waals surface area contributed by atoms with Crippen LogP contribution in [0.2, 0.25) is 0 Å². The van der Waals surface area contributed by atoms with Gasteiger partial charge in [-0.2, -0.15) is 0 Å². The summed E-state index contributed by atoms with van der Waals surface area (Å²) in [6.07, 6.45) is 0. The third-order valence-electron chi connectivity index (χ3n) is 11.1. The van der Waals surface area contributed by atoms with E-state index in [1.165, 1.54) is 71.6 Å². The van der Waals surface area contributed by atoms with Crippen LogP contribution in [-0.4, -0.2) is 0 Å². The standard InChI is InChI=1S/C56H39N/c1-3-15-40(16-4-1)48-32-36-51(44-19-5-2-6-20-44)55(39-48)53-24-12-11-23-52(53)54-25-13-14-26-56(54)57(50-35-31-42-18-8-10-22-46(42)38-50)49-33-29-43(30-34-49)47-28-27-41-17-7-9-21-45(41)37-47/h1-39H. The molecule has 0 spiro atoms. The van der Waals surface area contributed by atoms with Gasteiger partial charge in [-0.3, -0.25) is 0 Å². The number of hydrogen-bond donors (Lipinski definition) is 0. The van der Waals surface area contributed by atoms with Crippen molar-refractivity contribution < 1.29 is 0 Å². The van der Waals surface area contributed by atoms with Crippen molar-refractivity contribution in [2.75, 3.05) is 4.90 Å². The Labute approximate surface area is 334 Å². The Kier molecular flexibility index (Phi) is 8.95. The molecule has 0 amide bonds. The minimum atomic E-state index is 1.09. The normalized spacial score (nSPS) is 11.2. The number of nitrogens with zero attached hydrogens (tertiary/aromatic N) is 1. The molecule has 1 nitrogen and oxygen atoms in total. The smallest absolute Gasteiger partial charge is 0.0540 e. The lowest BCUT2D eigenvalue weighted by molar-refractivity contribution is 1.29. The zero-order chi connectivity index (χ0) is 38.0. The Bertz CT molecular complexity index is 3000. The molecule has 0 saturated carbocycles. The molecule has 0 radical (unpaired) electrons. The first kappa shape index (κ1) is 34.0. The minimum Gasteiger partial charge on any atom is -0.310 e. The lowest BCUT2D eigenvalue weighted by Gasteiger charge is -2.29. The van der Waals surface area contributed by atoms with Crippen LogP contribution in [0.5, 0.6) is 0 Å². The van der Waals surface area contributed by atoms with Crippen LogP contribution in [0.1, 0.15) is 0 Å². The molecule has 0 N–H and O–H groups in total. The van der Waals surface area contributed by atoms with Crippen molar-refractivity contribution in [3.63, 3.8) is 0 Å². The van der Waals surface area contributed by atoms with Gasteiger partial charge in [0.25, 0.3) is 0 Å². The molecule has 0 fully saturated rings. The third-order valence-corrected chi connectivity index (χ3v) is 11.1. The van der Waals surface area contributed by atoms with Crippen LogP contribution in [0, 0.1) is 0 Å². The van der Waals surface area contributed by atoms with Gasteiger partial charge < -0.3 is 4.90 Å². The van der Waals surface area contributed by atoms with E-state index in [1.807, 2.05) is 0 Å². The molecule has 57 heavy (non-hydrogen) atoms. The molecular weight excluding hydrogens is 687 g/mol. The Morgan fingerprint density at radius 3 is 1.37 bits per heavy atom. The first-order chi connectivity index (χ1) is 28.3. The van der Waals surface area contributed by atoms with Gasteiger partial charge in [-0.1, -0.05) is 194 Å². The fourth-order valence-electron chi connectivity index (χ4n) is 8.21. The Hall–Kier alpha value is -7.48. The third kappa shape index (κ3) is 6.66. The van der Waals surface area contributed by atoms with E-state index in [0.717, 1.165) is 22.6 Å². The molecule has 10 rings (SSSR count). The van der Waals surface area contributed by atoms with E-state index in [4.69, 9.17) is 0 Å². The molecule has 10 aromatic rings. The molecule has 0 bridgehead atoms. The maximum Gasteiger partial charge on any atom is 0.0540 e. The zero-order valence-corrected chi connectivity index (χ0v) is 31.5. The summed E-state index contributed by atoms with van der Waals surface area (Å²) in [7, 11) is 0. The molecular formula is C56H39N. The van der Waals surface area contributed by atoms with Gasteiger partial charge in [0.15, 0.2) is 0 Å². The Morgan fingerprint density at radius 1 is 0.211 bits per heavy atom. The summed E-state index contributed by atoms with van der Waals surface area (Å²) < 4.78 is 0. The van der Waals surface area contributed by atoms with Gasteiger partial charge in [0.05, 0.1) is 5.69 Å². The summed E-state index contributed by atoms with van der Waals surface area (Å²) in [5, 5.41) is 4.92. The van der Waals surface area contributed by atoms with E-state index in [0.29, 0.717) is 0 Å². The highest BCUT2D eigenvalue weighted by atomic mass is 15.1. The first-order valence-corrected chi connectivity index (χ1v) is 19.6. The van der Waals surface area contributed by atoms with E-state index in [1.54, 1.807) is 0 Å². The van der Waals surface area contributed by atoms with Gasteiger partial charge in [0, 0.05) is 16.9 Å². The van der Waals surface area contributed by atoms with Gasteiger partial charge in [0.2, 0.25) is 0 Å². The number of fused-ring (bicyclic) bond motifs is 2. The molecule has 0 aliphatic heterocycles. The zero-order valence-electron chi connectivity index (χ0n) is 31.5. The summed E-state index contributed by atoms with van der Waals surface area (Å²) >= 11 is 0. The maximum absolute atomic E-state index is 2.42. The Balaban J connectivity index is 1.15. The van der Waals surface area contributed by atoms with E-state index in [2.05, 4.69) is 241 Å². The van der Waals surface area contributed by atoms with E-state index in [9.17, 15) is 0 Å². The van der Waals surface area contributed by atoms with Crippen molar-refractivity contribution in [3.8, 4) is 55.6 Å². The number of para-hydroxylation sites is 1. The highest BCUT2D eigenvalue weighted by Crippen LogP contribution is 2.46. The SMILES string of the molecule is c1ccc(-c2ccc(-c3ccccc3)c(-c3ccccc3-c3ccccc3N(c3ccc(-c4ccc5ccccc5c4)cc3)c3ccc4ccccc4c3)c2)cc1. The van der Waals surface area contributed by atoms with Crippen LogP contribution in [0.25, 0.3) is 77.2 Å². The topological polar surface area (TPSA) is 3.24 Å². The van der Waals surface area contributed by atoms with Crippen molar-refractivity contribution in [3.05, 3.63) is 237 Å². The maximum atomic E-state index is 2.42. The lowest BCUT2D eigenvalue weighted by Crippen LogP contribution is -2.11. The second-order valence-corrected chi connectivity index (χ2v) is 14.5. The monoisotopic (exact) mass is 725 g/mol. The van der Waals surface area contributed by atoms with Gasteiger partial charge in [-0.05, 0) is 114 Å². The highest BCUT2D eigenvalue weighted by Gasteiger charge is 2.21. The van der Waals surface area contributed by atoms with Gasteiger partial charge in [-0.25, -0.2) is 0 Å². The predicted molar refractivity (Wildman–Crippen MR) is 243 cm³/mol. The first-order valence-electron chi connectivity index (χ1n) is 19.6. The fourth-order valence-corrected chi connectivity index (χ4v) is 8.21. The lowest BCUT2D eigenvalue weighted by atomic mass is 9.87. The van der Waals surface area contributed by atoms with E-state index in [-0.39, 0.29) is 0 Å². The molecule has 0 atom stereocenters. The number of anilines is 3. The second kappa shape index (κ2) is 15.0. The predicted octanol–water partition coefficient (Wildman–Crippen LogP) is 15.8.